The van der Waals surface area contributed by atoms with Crippen LogP contribution in [0.1, 0.15) is 29.1 Å². The Morgan fingerprint density at radius 2 is 2.00 bits per heavy atom. The van der Waals surface area contributed by atoms with E-state index in [-0.39, 0.29) is 35.5 Å². The van der Waals surface area contributed by atoms with Crippen LogP contribution in [0.15, 0.2) is 47.1 Å². The van der Waals surface area contributed by atoms with Crippen LogP contribution in [0.5, 0.6) is 11.5 Å². The Bertz CT molecular complexity index is 846. The SMILES string of the molecule is O=C(CCCc1ccc(O)c(O)c1)c1nnc(-c2cccnc2)o1. The standard InChI is InChI=1S/C17H15N3O4/c21-13-7-6-11(9-15(13)23)3-1-5-14(22)17-20-19-16(24-17)12-4-2-8-18-10-12/h2,4,6-10,21,23H,1,3,5H2. The maximum atomic E-state index is 12.1. The highest BCUT2D eigenvalue weighted by Crippen LogP contribution is 2.25. The van der Waals surface area contributed by atoms with Crippen LogP contribution in [0.25, 0.3) is 11.5 Å². The number of aryl methyl sites for hydroxylation is 1. The molecule has 122 valence electrons. The molecule has 0 spiro atoms. The van der Waals surface area contributed by atoms with E-state index in [0.717, 1.165) is 5.56 Å². The number of carbonyl (C=O) groups excluding carboxylic acids is 1. The first-order valence-corrected chi connectivity index (χ1v) is 7.41. The number of pyridine rings is 1. The van der Waals surface area contributed by atoms with E-state index in [2.05, 4.69) is 15.2 Å². The average Bonchev–Trinajstić information content (AvgIpc) is 3.09. The number of hydrogen-bond donors (Lipinski definition) is 2. The predicted octanol–water partition coefficient (Wildman–Crippen LogP) is 2.75. The maximum absolute atomic E-state index is 12.1. The highest BCUT2D eigenvalue weighted by molar-refractivity contribution is 5.91. The summed E-state index contributed by atoms with van der Waals surface area (Å²) in [6.07, 6.45) is 4.61. The van der Waals surface area contributed by atoms with E-state index in [9.17, 15) is 15.0 Å². The number of hydrogen-bond acceptors (Lipinski definition) is 7. The van der Waals surface area contributed by atoms with Gasteiger partial charge in [0.25, 0.3) is 5.89 Å². The Hall–Kier alpha value is -3.22. The molecule has 0 aliphatic carbocycles. The van der Waals surface area contributed by atoms with Gasteiger partial charge in [-0.1, -0.05) is 6.07 Å². The largest absolute Gasteiger partial charge is 0.504 e. The molecule has 2 N–H and O–H groups in total. The van der Waals surface area contributed by atoms with Crippen LogP contribution in [0.4, 0.5) is 0 Å². The Morgan fingerprint density at radius 3 is 2.75 bits per heavy atom. The van der Waals surface area contributed by atoms with Crippen LogP contribution < -0.4 is 0 Å². The summed E-state index contributed by atoms with van der Waals surface area (Å²) in [4.78, 5) is 16.1. The molecule has 1 aromatic carbocycles. The molecule has 0 saturated heterocycles. The third-order valence-electron chi connectivity index (χ3n) is 3.48. The van der Waals surface area contributed by atoms with Gasteiger partial charge >= 0.3 is 0 Å². The van der Waals surface area contributed by atoms with E-state index in [0.29, 0.717) is 18.4 Å². The van der Waals surface area contributed by atoms with Crippen LogP contribution >= 0.6 is 0 Å². The van der Waals surface area contributed by atoms with Crippen molar-refractivity contribution in [1.29, 1.82) is 0 Å². The fraction of sp³-hybridized carbons (Fsp3) is 0.176. The zero-order valence-corrected chi connectivity index (χ0v) is 12.7. The number of aromatic hydroxyl groups is 2. The maximum Gasteiger partial charge on any atom is 0.284 e. The third-order valence-corrected chi connectivity index (χ3v) is 3.48. The van der Waals surface area contributed by atoms with Gasteiger partial charge in [0, 0.05) is 18.8 Å². The number of carbonyl (C=O) groups is 1. The van der Waals surface area contributed by atoms with E-state index >= 15 is 0 Å². The number of phenolic OH excluding ortho intramolecular Hbond substituents is 2. The van der Waals surface area contributed by atoms with Gasteiger partial charge in [-0.15, -0.1) is 10.2 Å². The molecule has 0 radical (unpaired) electrons. The Labute approximate surface area is 137 Å². The molecule has 24 heavy (non-hydrogen) atoms. The molecule has 3 rings (SSSR count). The van der Waals surface area contributed by atoms with Gasteiger partial charge in [0.15, 0.2) is 11.5 Å². The normalized spacial score (nSPS) is 10.7. The van der Waals surface area contributed by atoms with Crippen molar-refractivity contribution in [2.45, 2.75) is 19.3 Å². The summed E-state index contributed by atoms with van der Waals surface area (Å²) < 4.78 is 5.38. The Kier molecular flexibility index (Phi) is 4.51. The van der Waals surface area contributed by atoms with Crippen molar-refractivity contribution >= 4 is 5.78 Å². The van der Waals surface area contributed by atoms with Crippen LogP contribution in [0.3, 0.4) is 0 Å². The van der Waals surface area contributed by atoms with Gasteiger partial charge in [0.2, 0.25) is 11.7 Å². The molecule has 2 heterocycles. The van der Waals surface area contributed by atoms with Gasteiger partial charge in [-0.05, 0) is 42.7 Å². The van der Waals surface area contributed by atoms with E-state index in [1.54, 1.807) is 30.6 Å². The minimum atomic E-state index is -0.236. The Morgan fingerprint density at radius 1 is 1.12 bits per heavy atom. The number of ketones is 1. The molecule has 0 atom stereocenters. The molecule has 0 bridgehead atoms. The molecule has 0 saturated carbocycles. The second-order valence-electron chi connectivity index (χ2n) is 5.25. The first-order chi connectivity index (χ1) is 11.6. The minimum absolute atomic E-state index is 0.0255. The predicted molar refractivity (Wildman–Crippen MR) is 84.6 cm³/mol. The quantitative estimate of drug-likeness (QED) is 0.529. The van der Waals surface area contributed by atoms with Crippen molar-refractivity contribution in [1.82, 2.24) is 15.2 Å². The number of aromatic nitrogens is 3. The van der Waals surface area contributed by atoms with Gasteiger partial charge in [-0.2, -0.15) is 0 Å². The van der Waals surface area contributed by atoms with Crippen molar-refractivity contribution in [2.75, 3.05) is 0 Å². The summed E-state index contributed by atoms with van der Waals surface area (Å²) in [5.74, 6) is -0.335. The van der Waals surface area contributed by atoms with Crippen molar-refractivity contribution < 1.29 is 19.4 Å². The lowest BCUT2D eigenvalue weighted by molar-refractivity contribution is 0.0947. The topological polar surface area (TPSA) is 109 Å². The van der Waals surface area contributed by atoms with Crippen LogP contribution in [-0.2, 0) is 6.42 Å². The van der Waals surface area contributed by atoms with Gasteiger partial charge in [-0.3, -0.25) is 9.78 Å². The van der Waals surface area contributed by atoms with Crippen molar-refractivity contribution in [3.63, 3.8) is 0 Å². The zero-order chi connectivity index (χ0) is 16.9. The molecule has 0 amide bonds. The summed E-state index contributed by atoms with van der Waals surface area (Å²) in [5.41, 5.74) is 1.49. The molecular formula is C17H15N3O4. The number of benzene rings is 1. The molecule has 0 fully saturated rings. The van der Waals surface area contributed by atoms with Crippen LogP contribution in [0.2, 0.25) is 0 Å². The number of Topliss-reactive ketones (excluding diaryl/α,β-unsaturated/α-hetero) is 1. The summed E-state index contributed by atoms with van der Waals surface area (Å²) in [7, 11) is 0. The van der Waals surface area contributed by atoms with Crippen molar-refractivity contribution in [3.8, 4) is 23.0 Å². The minimum Gasteiger partial charge on any atom is -0.504 e. The van der Waals surface area contributed by atoms with Gasteiger partial charge in [0.05, 0.1) is 5.56 Å². The molecule has 0 aliphatic rings. The fourth-order valence-corrected chi connectivity index (χ4v) is 2.23. The first-order valence-electron chi connectivity index (χ1n) is 7.41. The highest BCUT2D eigenvalue weighted by atomic mass is 16.4. The number of phenols is 2. The van der Waals surface area contributed by atoms with Crippen LogP contribution in [-0.4, -0.2) is 31.2 Å². The van der Waals surface area contributed by atoms with Gasteiger partial charge < -0.3 is 14.6 Å². The van der Waals surface area contributed by atoms with E-state index in [1.807, 2.05) is 0 Å². The summed E-state index contributed by atoms with van der Waals surface area (Å²) in [6, 6.07) is 8.12. The lowest BCUT2D eigenvalue weighted by Crippen LogP contribution is -2.00. The molecule has 7 heteroatoms. The summed E-state index contributed by atoms with van der Waals surface area (Å²) in [6.45, 7) is 0. The summed E-state index contributed by atoms with van der Waals surface area (Å²) in [5, 5.41) is 26.3. The van der Waals surface area contributed by atoms with E-state index < -0.39 is 0 Å². The van der Waals surface area contributed by atoms with Gasteiger partial charge in [-0.25, -0.2) is 0 Å². The van der Waals surface area contributed by atoms with Gasteiger partial charge in [0.1, 0.15) is 0 Å². The second-order valence-corrected chi connectivity index (χ2v) is 5.25. The summed E-state index contributed by atoms with van der Waals surface area (Å²) >= 11 is 0. The third kappa shape index (κ3) is 3.57. The number of nitrogens with zero attached hydrogens (tertiary/aromatic N) is 3. The fourth-order valence-electron chi connectivity index (χ4n) is 2.23. The van der Waals surface area contributed by atoms with Crippen molar-refractivity contribution in [3.05, 3.63) is 54.2 Å². The molecule has 3 aromatic rings. The van der Waals surface area contributed by atoms with E-state index in [4.69, 9.17) is 4.42 Å². The molecule has 2 aromatic heterocycles. The Balaban J connectivity index is 1.57. The zero-order valence-electron chi connectivity index (χ0n) is 12.7. The monoisotopic (exact) mass is 325 g/mol. The molecule has 0 aliphatic heterocycles. The average molecular weight is 325 g/mol. The first kappa shape index (κ1) is 15.7. The molecule has 0 unspecified atom stereocenters. The van der Waals surface area contributed by atoms with Crippen LogP contribution in [0, 0.1) is 0 Å². The number of rotatable bonds is 6. The smallest absolute Gasteiger partial charge is 0.284 e. The molecular weight excluding hydrogens is 310 g/mol. The highest BCUT2D eigenvalue weighted by Gasteiger charge is 2.15. The van der Waals surface area contributed by atoms with Crippen molar-refractivity contribution in [2.24, 2.45) is 0 Å². The second kappa shape index (κ2) is 6.91. The van der Waals surface area contributed by atoms with E-state index in [1.165, 1.54) is 12.1 Å². The lowest BCUT2D eigenvalue weighted by atomic mass is 10.1. The molecule has 7 nitrogen and oxygen atoms in total. The lowest BCUT2D eigenvalue weighted by Gasteiger charge is -2.02.